The zero-order valence-electron chi connectivity index (χ0n) is 20.9. The molecule has 1 spiro atoms. The van der Waals surface area contributed by atoms with Crippen LogP contribution in [0.2, 0.25) is 0 Å². The summed E-state index contributed by atoms with van der Waals surface area (Å²) in [4.78, 5) is 0. The van der Waals surface area contributed by atoms with Crippen LogP contribution in [0.15, 0.2) is 11.1 Å². The second-order valence-electron chi connectivity index (χ2n) is 13.5. The van der Waals surface area contributed by atoms with Crippen LogP contribution in [0.3, 0.4) is 0 Å². The Morgan fingerprint density at radius 1 is 0.968 bits per heavy atom. The van der Waals surface area contributed by atoms with Crippen molar-refractivity contribution in [1.82, 2.24) is 5.32 Å². The predicted molar refractivity (Wildman–Crippen MR) is 128 cm³/mol. The lowest BCUT2D eigenvalue weighted by atomic mass is 9.51. The van der Waals surface area contributed by atoms with Crippen LogP contribution in [0.5, 0.6) is 0 Å². The van der Waals surface area contributed by atoms with Crippen LogP contribution in [-0.2, 0) is 4.74 Å². The molecule has 0 amide bonds. The van der Waals surface area contributed by atoms with Gasteiger partial charge < -0.3 is 10.1 Å². The van der Waals surface area contributed by atoms with Gasteiger partial charge in [0.2, 0.25) is 0 Å². The van der Waals surface area contributed by atoms with E-state index < -0.39 is 0 Å². The Bertz CT molecular complexity index is 758. The fraction of sp³-hybridized carbons (Fsp3) is 0.931. The number of fused-ring (bicyclic) bond motifs is 6. The molecule has 174 valence electrons. The largest absolute Gasteiger partial charge is 0.369 e. The van der Waals surface area contributed by atoms with Gasteiger partial charge in [-0.05, 0) is 112 Å². The molecule has 1 N–H and O–H groups in total. The van der Waals surface area contributed by atoms with Gasteiger partial charge in [0.1, 0.15) is 0 Å². The molecular formula is C29H47NO. The Morgan fingerprint density at radius 3 is 2.65 bits per heavy atom. The first-order valence-electron chi connectivity index (χ1n) is 13.9. The average molecular weight is 426 g/mol. The van der Waals surface area contributed by atoms with Crippen LogP contribution in [0.4, 0.5) is 0 Å². The summed E-state index contributed by atoms with van der Waals surface area (Å²) >= 11 is 0. The molecule has 6 rings (SSSR count). The number of ether oxygens (including phenoxy) is 1. The van der Waals surface area contributed by atoms with Gasteiger partial charge >= 0.3 is 0 Å². The molecule has 0 aromatic rings. The van der Waals surface area contributed by atoms with Gasteiger partial charge in [-0.2, -0.15) is 0 Å². The average Bonchev–Trinajstić information content (AvgIpc) is 3.19. The van der Waals surface area contributed by atoms with Gasteiger partial charge in [0, 0.05) is 12.0 Å². The highest BCUT2D eigenvalue weighted by Crippen LogP contribution is 2.65. The molecule has 2 aliphatic heterocycles. The third kappa shape index (κ3) is 3.09. The topological polar surface area (TPSA) is 21.3 Å². The summed E-state index contributed by atoms with van der Waals surface area (Å²) in [6, 6.07) is 0.582. The fourth-order valence-electron chi connectivity index (χ4n) is 10.0. The molecule has 2 heteroatoms. The van der Waals surface area contributed by atoms with Crippen LogP contribution >= 0.6 is 0 Å². The lowest BCUT2D eigenvalue weighted by Crippen LogP contribution is -2.48. The Labute approximate surface area is 191 Å². The van der Waals surface area contributed by atoms with E-state index in [1.807, 2.05) is 5.57 Å². The van der Waals surface area contributed by atoms with E-state index in [-0.39, 0.29) is 5.60 Å². The lowest BCUT2D eigenvalue weighted by Gasteiger charge is -2.54. The van der Waals surface area contributed by atoms with E-state index in [1.54, 1.807) is 5.57 Å². The van der Waals surface area contributed by atoms with E-state index in [0.29, 0.717) is 23.5 Å². The first-order chi connectivity index (χ1) is 14.8. The standard InChI is InChI=1S/C29H47NO/c1-17-8-10-28(5)21(12-17)6-7-23-22-9-11-29(15-19(3)24(22)14-25(23)28)20(4)27-26(31-29)13-18(2)16-30-27/h17-18,20-23,25-27,30H,6-16H2,1-5H3/t17-,18-,20+,21+,22-,23-,25-,26+,27-,28-,29-/m0/s1. The second kappa shape index (κ2) is 7.33. The van der Waals surface area contributed by atoms with Crippen molar-refractivity contribution in [3.63, 3.8) is 0 Å². The highest BCUT2D eigenvalue weighted by molar-refractivity contribution is 5.29. The SMILES string of the molecule is CC1=C2C[C@H]3[C@@H](CC[C@@H]4C[C@@H](C)CC[C@@]43C)[C@@H]2CC[C@@]2(C1)O[C@@H]1C[C@H](C)CN[C@H]1[C@H]2C. The highest BCUT2D eigenvalue weighted by atomic mass is 16.5. The molecular weight excluding hydrogens is 378 g/mol. The second-order valence-corrected chi connectivity index (χ2v) is 13.5. The molecule has 11 atom stereocenters. The van der Waals surface area contributed by atoms with Crippen molar-refractivity contribution in [1.29, 1.82) is 0 Å². The summed E-state index contributed by atoms with van der Waals surface area (Å²) < 4.78 is 7.05. The molecule has 0 aromatic carbocycles. The molecule has 0 unspecified atom stereocenters. The number of piperidine rings is 1. The molecule has 2 saturated heterocycles. The Morgan fingerprint density at radius 2 is 1.81 bits per heavy atom. The minimum absolute atomic E-state index is 0.102. The van der Waals surface area contributed by atoms with Gasteiger partial charge in [-0.3, -0.25) is 0 Å². The number of hydrogen-bond acceptors (Lipinski definition) is 2. The van der Waals surface area contributed by atoms with Gasteiger partial charge in [-0.15, -0.1) is 0 Å². The van der Waals surface area contributed by atoms with E-state index in [2.05, 4.69) is 39.9 Å². The maximum Gasteiger partial charge on any atom is 0.0765 e. The summed E-state index contributed by atoms with van der Waals surface area (Å²) in [7, 11) is 0. The van der Waals surface area contributed by atoms with Crippen molar-refractivity contribution in [2.45, 2.75) is 117 Å². The lowest BCUT2D eigenvalue weighted by molar-refractivity contribution is -0.0751. The van der Waals surface area contributed by atoms with Crippen molar-refractivity contribution in [2.24, 2.45) is 46.8 Å². The molecule has 6 aliphatic rings. The zero-order chi connectivity index (χ0) is 21.5. The molecule has 0 bridgehead atoms. The highest BCUT2D eigenvalue weighted by Gasteiger charge is 2.59. The first kappa shape index (κ1) is 21.2. The first-order valence-corrected chi connectivity index (χ1v) is 13.9. The van der Waals surface area contributed by atoms with Gasteiger partial charge in [0.15, 0.2) is 0 Å². The summed E-state index contributed by atoms with van der Waals surface area (Å²) in [6.07, 6.45) is 14.5. The quantitative estimate of drug-likeness (QED) is 0.434. The summed E-state index contributed by atoms with van der Waals surface area (Å²) in [5, 5.41) is 3.88. The molecule has 2 nitrogen and oxygen atoms in total. The molecule has 4 aliphatic carbocycles. The minimum atomic E-state index is 0.102. The molecule has 0 radical (unpaired) electrons. The Kier molecular flexibility index (Phi) is 5.01. The maximum atomic E-state index is 7.05. The van der Waals surface area contributed by atoms with E-state index in [4.69, 9.17) is 4.74 Å². The van der Waals surface area contributed by atoms with Gasteiger partial charge in [-0.1, -0.05) is 45.3 Å². The normalized spacial score (nSPS) is 56.6. The number of nitrogens with one attached hydrogen (secondary N) is 1. The van der Waals surface area contributed by atoms with Gasteiger partial charge in [0.05, 0.1) is 11.7 Å². The van der Waals surface area contributed by atoms with Crippen LogP contribution < -0.4 is 5.32 Å². The summed E-state index contributed by atoms with van der Waals surface area (Å²) in [6.45, 7) is 13.8. The molecule has 2 heterocycles. The van der Waals surface area contributed by atoms with E-state index in [0.717, 1.165) is 35.5 Å². The molecule has 3 saturated carbocycles. The van der Waals surface area contributed by atoms with Crippen molar-refractivity contribution >= 4 is 0 Å². The Hall–Kier alpha value is -0.340. The smallest absolute Gasteiger partial charge is 0.0765 e. The molecule has 0 aromatic heterocycles. The maximum absolute atomic E-state index is 7.05. The van der Waals surface area contributed by atoms with Gasteiger partial charge in [-0.25, -0.2) is 0 Å². The molecule has 5 fully saturated rings. The molecule has 31 heavy (non-hydrogen) atoms. The van der Waals surface area contributed by atoms with Crippen molar-refractivity contribution < 1.29 is 4.74 Å². The number of allylic oxidation sites excluding steroid dienone is 1. The van der Waals surface area contributed by atoms with Crippen LogP contribution in [0.25, 0.3) is 0 Å². The van der Waals surface area contributed by atoms with Crippen molar-refractivity contribution in [3.05, 3.63) is 11.1 Å². The fourth-order valence-corrected chi connectivity index (χ4v) is 10.0. The van der Waals surface area contributed by atoms with Crippen LogP contribution in [0, 0.1) is 46.8 Å². The van der Waals surface area contributed by atoms with Crippen LogP contribution in [-0.4, -0.2) is 24.3 Å². The van der Waals surface area contributed by atoms with E-state index in [1.165, 1.54) is 70.8 Å². The third-order valence-electron chi connectivity index (χ3n) is 11.9. The van der Waals surface area contributed by atoms with E-state index >= 15 is 0 Å². The summed E-state index contributed by atoms with van der Waals surface area (Å²) in [5.41, 5.74) is 4.36. The third-order valence-corrected chi connectivity index (χ3v) is 11.9. The number of hydrogen-bond donors (Lipinski definition) is 1. The van der Waals surface area contributed by atoms with Crippen LogP contribution in [0.1, 0.15) is 98.8 Å². The summed E-state index contributed by atoms with van der Waals surface area (Å²) in [5.74, 6) is 6.16. The van der Waals surface area contributed by atoms with Crippen molar-refractivity contribution in [2.75, 3.05) is 6.54 Å². The Balaban J connectivity index is 1.27. The zero-order valence-corrected chi connectivity index (χ0v) is 20.9. The minimum Gasteiger partial charge on any atom is -0.369 e. The monoisotopic (exact) mass is 425 g/mol. The van der Waals surface area contributed by atoms with Crippen molar-refractivity contribution in [3.8, 4) is 0 Å². The number of rotatable bonds is 0. The van der Waals surface area contributed by atoms with Gasteiger partial charge in [0.25, 0.3) is 0 Å². The van der Waals surface area contributed by atoms with E-state index in [9.17, 15) is 0 Å². The predicted octanol–water partition coefficient (Wildman–Crippen LogP) is 6.75.